The molecule has 0 radical (unpaired) electrons. The van der Waals surface area contributed by atoms with E-state index in [4.69, 9.17) is 29.0 Å². The molecule has 78 valence electrons. The second kappa shape index (κ2) is 3.96. The zero-order chi connectivity index (χ0) is 10.8. The molecular formula is C8H7Cl2N5. The number of nitrogens with zero attached hydrogens (tertiary/aromatic N) is 3. The van der Waals surface area contributed by atoms with E-state index >= 15 is 0 Å². The number of nitrogen functional groups attached to an aromatic ring is 1. The lowest BCUT2D eigenvalue weighted by atomic mass is 10.3. The fourth-order valence-corrected chi connectivity index (χ4v) is 1.63. The first-order chi connectivity index (χ1) is 7.13. The number of hydrogen-bond acceptors (Lipinski definition) is 4. The van der Waals surface area contributed by atoms with Crippen molar-refractivity contribution in [1.82, 2.24) is 15.1 Å². The van der Waals surface area contributed by atoms with Crippen LogP contribution in [0.25, 0.3) is 0 Å². The molecule has 1 heterocycles. The Morgan fingerprint density at radius 3 is 2.40 bits per heavy atom. The van der Waals surface area contributed by atoms with Crippen molar-refractivity contribution < 1.29 is 0 Å². The average Bonchev–Trinajstić information content (AvgIpc) is 2.49. The lowest BCUT2D eigenvalue weighted by Gasteiger charge is -2.03. The molecule has 15 heavy (non-hydrogen) atoms. The largest absolute Gasteiger partial charge is 0.337 e. The number of halogens is 2. The molecule has 7 heteroatoms. The number of nitrogens with two attached hydrogens (primary N) is 1. The first-order valence-corrected chi connectivity index (χ1v) is 4.79. The molecule has 2 rings (SSSR count). The number of hydrogen-bond donors (Lipinski definition) is 2. The summed E-state index contributed by atoms with van der Waals surface area (Å²) < 4.78 is 0. The van der Waals surface area contributed by atoms with E-state index in [1.807, 2.05) is 0 Å². The molecule has 2 aromatic rings. The second-order valence-electron chi connectivity index (χ2n) is 2.87. The first-order valence-electron chi connectivity index (χ1n) is 4.04. The lowest BCUT2D eigenvalue weighted by Crippen LogP contribution is -2.07. The minimum atomic E-state index is 0.524. The van der Waals surface area contributed by atoms with Gasteiger partial charge in [0.2, 0.25) is 0 Å². The molecule has 0 saturated heterocycles. The van der Waals surface area contributed by atoms with Crippen molar-refractivity contribution in [3.05, 3.63) is 34.4 Å². The number of aromatic nitrogens is 3. The maximum Gasteiger partial charge on any atom is 0.175 e. The maximum absolute atomic E-state index is 5.83. The van der Waals surface area contributed by atoms with Crippen molar-refractivity contribution in [2.45, 2.75) is 0 Å². The van der Waals surface area contributed by atoms with Gasteiger partial charge in [-0.15, -0.1) is 5.10 Å². The summed E-state index contributed by atoms with van der Waals surface area (Å²) in [4.78, 5) is 1.11. The predicted molar refractivity (Wildman–Crippen MR) is 59.9 cm³/mol. The minimum absolute atomic E-state index is 0.524. The molecule has 0 aliphatic carbocycles. The summed E-state index contributed by atoms with van der Waals surface area (Å²) in [5, 5.41) is 11.4. The Balaban J connectivity index is 2.24. The van der Waals surface area contributed by atoms with E-state index in [1.54, 1.807) is 18.2 Å². The van der Waals surface area contributed by atoms with Crippen molar-refractivity contribution >= 4 is 34.7 Å². The topological polar surface area (TPSA) is 68.8 Å². The van der Waals surface area contributed by atoms with Gasteiger partial charge in [-0.05, 0) is 23.4 Å². The predicted octanol–water partition coefficient (Wildman–Crippen LogP) is 2.04. The summed E-state index contributed by atoms with van der Waals surface area (Å²) in [5.41, 5.74) is 0.730. The van der Waals surface area contributed by atoms with Gasteiger partial charge in [-0.1, -0.05) is 23.2 Å². The van der Waals surface area contributed by atoms with E-state index in [-0.39, 0.29) is 0 Å². The van der Waals surface area contributed by atoms with Crippen LogP contribution in [0.2, 0.25) is 10.0 Å². The van der Waals surface area contributed by atoms with Gasteiger partial charge in [-0.3, -0.25) is 0 Å². The molecule has 1 aromatic carbocycles. The fourth-order valence-electron chi connectivity index (χ4n) is 1.11. The number of rotatable bonds is 2. The van der Waals surface area contributed by atoms with E-state index < -0.39 is 0 Å². The third kappa shape index (κ3) is 2.51. The van der Waals surface area contributed by atoms with Crippen LogP contribution in [-0.2, 0) is 0 Å². The molecule has 5 nitrogen and oxygen atoms in total. The van der Waals surface area contributed by atoms with Crippen LogP contribution < -0.4 is 11.2 Å². The van der Waals surface area contributed by atoms with E-state index in [2.05, 4.69) is 15.6 Å². The molecule has 0 amide bonds. The highest BCUT2D eigenvalue weighted by atomic mass is 35.5. The SMILES string of the molecule is Nn1cc(Nc2cc(Cl)cc(Cl)c2)nn1. The Morgan fingerprint density at radius 2 is 1.87 bits per heavy atom. The Bertz CT molecular complexity index is 461. The third-order valence-electron chi connectivity index (χ3n) is 1.65. The summed E-state index contributed by atoms with van der Waals surface area (Å²) in [6.45, 7) is 0. The van der Waals surface area contributed by atoms with Crippen molar-refractivity contribution in [2.75, 3.05) is 11.2 Å². The third-order valence-corrected chi connectivity index (χ3v) is 2.08. The highest BCUT2D eigenvalue weighted by Gasteiger charge is 2.01. The smallest absolute Gasteiger partial charge is 0.175 e. The van der Waals surface area contributed by atoms with Gasteiger partial charge in [0, 0.05) is 15.7 Å². The molecule has 0 aliphatic rings. The Kier molecular flexibility index (Phi) is 2.66. The molecule has 1 aromatic heterocycles. The normalized spacial score (nSPS) is 10.3. The molecule has 0 unspecified atom stereocenters. The molecule has 0 saturated carbocycles. The minimum Gasteiger partial charge on any atom is -0.337 e. The number of benzene rings is 1. The highest BCUT2D eigenvalue weighted by molar-refractivity contribution is 6.35. The van der Waals surface area contributed by atoms with Gasteiger partial charge in [0.25, 0.3) is 0 Å². The molecule has 0 bridgehead atoms. The van der Waals surface area contributed by atoms with E-state index in [0.29, 0.717) is 15.9 Å². The summed E-state index contributed by atoms with van der Waals surface area (Å²) in [6.07, 6.45) is 1.54. The van der Waals surface area contributed by atoms with Crippen LogP contribution >= 0.6 is 23.2 Å². The van der Waals surface area contributed by atoms with Crippen molar-refractivity contribution in [3.63, 3.8) is 0 Å². The summed E-state index contributed by atoms with van der Waals surface area (Å²) in [7, 11) is 0. The average molecular weight is 244 g/mol. The van der Waals surface area contributed by atoms with Crippen molar-refractivity contribution in [3.8, 4) is 0 Å². The molecule has 0 spiro atoms. The van der Waals surface area contributed by atoms with Gasteiger partial charge in [-0.2, -0.15) is 4.79 Å². The van der Waals surface area contributed by atoms with Crippen LogP contribution in [0.15, 0.2) is 24.4 Å². The van der Waals surface area contributed by atoms with Crippen LogP contribution in [0.1, 0.15) is 0 Å². The number of anilines is 2. The van der Waals surface area contributed by atoms with Gasteiger partial charge in [0.05, 0.1) is 6.20 Å². The summed E-state index contributed by atoms with van der Waals surface area (Å²) in [5.74, 6) is 5.87. The molecule has 0 aliphatic heterocycles. The monoisotopic (exact) mass is 243 g/mol. The Hall–Kier alpha value is -1.46. The Labute approximate surface area is 95.8 Å². The van der Waals surface area contributed by atoms with Gasteiger partial charge >= 0.3 is 0 Å². The fraction of sp³-hybridized carbons (Fsp3) is 0. The van der Waals surface area contributed by atoms with E-state index in [0.717, 1.165) is 10.5 Å². The standard InChI is InChI=1S/C8H7Cl2N5/c9-5-1-6(10)3-7(2-5)12-8-4-15(11)14-13-8/h1-4,12H,11H2. The van der Waals surface area contributed by atoms with Crippen LogP contribution in [0.4, 0.5) is 11.5 Å². The lowest BCUT2D eigenvalue weighted by molar-refractivity contribution is 0.766. The Morgan fingerprint density at radius 1 is 1.20 bits per heavy atom. The molecular weight excluding hydrogens is 237 g/mol. The summed E-state index contributed by atoms with van der Waals surface area (Å²) in [6, 6.07) is 5.10. The van der Waals surface area contributed by atoms with E-state index in [1.165, 1.54) is 6.20 Å². The van der Waals surface area contributed by atoms with Crippen LogP contribution in [-0.4, -0.2) is 15.1 Å². The molecule has 0 fully saturated rings. The first kappa shape index (κ1) is 10.1. The highest BCUT2D eigenvalue weighted by Crippen LogP contribution is 2.24. The zero-order valence-corrected chi connectivity index (χ0v) is 9.00. The van der Waals surface area contributed by atoms with Crippen molar-refractivity contribution in [1.29, 1.82) is 0 Å². The van der Waals surface area contributed by atoms with Gasteiger partial charge in [-0.25, -0.2) is 0 Å². The number of nitrogens with one attached hydrogen (secondary N) is 1. The van der Waals surface area contributed by atoms with Crippen LogP contribution in [0, 0.1) is 0 Å². The van der Waals surface area contributed by atoms with Crippen LogP contribution in [0.5, 0.6) is 0 Å². The van der Waals surface area contributed by atoms with E-state index in [9.17, 15) is 0 Å². The zero-order valence-electron chi connectivity index (χ0n) is 7.48. The van der Waals surface area contributed by atoms with Gasteiger partial charge in [0.15, 0.2) is 5.82 Å². The maximum atomic E-state index is 5.83. The van der Waals surface area contributed by atoms with Gasteiger partial charge in [0.1, 0.15) is 0 Å². The van der Waals surface area contributed by atoms with Gasteiger partial charge < -0.3 is 11.2 Å². The molecule has 3 N–H and O–H groups in total. The van der Waals surface area contributed by atoms with Crippen molar-refractivity contribution in [2.24, 2.45) is 0 Å². The second-order valence-corrected chi connectivity index (χ2v) is 3.74. The summed E-state index contributed by atoms with van der Waals surface area (Å²) >= 11 is 11.7. The molecule has 0 atom stereocenters. The van der Waals surface area contributed by atoms with Crippen LogP contribution in [0.3, 0.4) is 0 Å². The quantitative estimate of drug-likeness (QED) is 0.793.